The third-order valence-corrected chi connectivity index (χ3v) is 4.10. The van der Waals surface area contributed by atoms with Crippen molar-refractivity contribution in [3.05, 3.63) is 35.7 Å². The summed E-state index contributed by atoms with van der Waals surface area (Å²) in [6.45, 7) is 1.57. The molecule has 0 aliphatic carbocycles. The smallest absolute Gasteiger partial charge is 0.330 e. The van der Waals surface area contributed by atoms with E-state index in [0.29, 0.717) is 0 Å². The topological polar surface area (TPSA) is 59.5 Å². The molecule has 5 heteroatoms. The van der Waals surface area contributed by atoms with Gasteiger partial charge in [0.05, 0.1) is 19.2 Å². The Bertz CT molecular complexity index is 609. The highest BCUT2D eigenvalue weighted by molar-refractivity contribution is 5.95. The first kappa shape index (κ1) is 12.8. The molecule has 0 unspecified atom stereocenters. The van der Waals surface area contributed by atoms with E-state index in [-0.39, 0.29) is 18.0 Å². The van der Waals surface area contributed by atoms with Gasteiger partial charge in [0.25, 0.3) is 0 Å². The Kier molecular flexibility index (Phi) is 3.04. The summed E-state index contributed by atoms with van der Waals surface area (Å²) < 4.78 is 4.74. The molecule has 2 bridgehead atoms. The molecule has 104 valence electrons. The number of esters is 1. The van der Waals surface area contributed by atoms with Gasteiger partial charge in [-0.3, -0.25) is 9.78 Å². The number of methoxy groups -OCH3 is 1. The third kappa shape index (κ3) is 1.81. The molecule has 1 aromatic heterocycles. The molecule has 1 fully saturated rings. The van der Waals surface area contributed by atoms with Crippen LogP contribution in [0.15, 0.2) is 24.5 Å². The second-order valence-corrected chi connectivity index (χ2v) is 5.12. The van der Waals surface area contributed by atoms with Crippen LogP contribution < -0.4 is 0 Å². The molecular formula is C15H16N2O3. The van der Waals surface area contributed by atoms with Gasteiger partial charge in [-0.1, -0.05) is 0 Å². The van der Waals surface area contributed by atoms with Crippen LogP contribution >= 0.6 is 0 Å². The molecule has 5 nitrogen and oxygen atoms in total. The predicted molar refractivity (Wildman–Crippen MR) is 72.5 cm³/mol. The molecule has 0 saturated carbocycles. The summed E-state index contributed by atoms with van der Waals surface area (Å²) >= 11 is 0. The summed E-state index contributed by atoms with van der Waals surface area (Å²) in [4.78, 5) is 29.6. The maximum absolute atomic E-state index is 11.9. The van der Waals surface area contributed by atoms with Crippen LogP contribution in [-0.2, 0) is 14.3 Å². The maximum atomic E-state index is 11.9. The number of carbonyl (C=O) groups excluding carboxylic acids is 2. The molecule has 1 saturated heterocycles. The first-order valence-corrected chi connectivity index (χ1v) is 6.66. The SMILES string of the molecule is COC(=O)/C=C1/c2ccncc2[C@H]2CC[C@@H]1N2C(C)=O. The number of carbonyl (C=O) groups is 2. The van der Waals surface area contributed by atoms with Crippen molar-refractivity contribution in [1.82, 2.24) is 9.88 Å². The van der Waals surface area contributed by atoms with E-state index >= 15 is 0 Å². The summed E-state index contributed by atoms with van der Waals surface area (Å²) in [5.74, 6) is -0.362. The molecule has 1 aromatic rings. The van der Waals surface area contributed by atoms with Gasteiger partial charge in [-0.25, -0.2) is 4.79 Å². The number of ether oxygens (including phenoxy) is 1. The van der Waals surface area contributed by atoms with Crippen molar-refractivity contribution in [2.24, 2.45) is 0 Å². The van der Waals surface area contributed by atoms with Crippen molar-refractivity contribution in [3.63, 3.8) is 0 Å². The summed E-state index contributed by atoms with van der Waals surface area (Å²) in [6.07, 6.45) is 6.78. The number of rotatable bonds is 1. The van der Waals surface area contributed by atoms with Crippen LogP contribution in [0.5, 0.6) is 0 Å². The molecule has 2 aliphatic rings. The highest BCUT2D eigenvalue weighted by atomic mass is 16.5. The minimum Gasteiger partial charge on any atom is -0.466 e. The van der Waals surface area contributed by atoms with Crippen molar-refractivity contribution >= 4 is 17.4 Å². The largest absolute Gasteiger partial charge is 0.466 e. The van der Waals surface area contributed by atoms with E-state index in [1.165, 1.54) is 13.2 Å². The fraction of sp³-hybridized carbons (Fsp3) is 0.400. The fourth-order valence-corrected chi connectivity index (χ4v) is 3.34. The monoisotopic (exact) mass is 272 g/mol. The molecule has 3 heterocycles. The highest BCUT2D eigenvalue weighted by Gasteiger charge is 2.44. The first-order valence-electron chi connectivity index (χ1n) is 6.66. The standard InChI is InChI=1S/C15H16N2O3/c1-9(18)17-13-3-4-14(17)12-8-16-6-5-10(12)11(13)7-15(19)20-2/h5-8,13-14H,3-4H2,1-2H3/b11-7-/t13-,14+/m0/s1. The summed E-state index contributed by atoms with van der Waals surface area (Å²) in [6, 6.07) is 1.95. The molecule has 1 amide bonds. The molecule has 0 radical (unpaired) electrons. The fourth-order valence-electron chi connectivity index (χ4n) is 3.34. The number of nitrogens with zero attached hydrogens (tertiary/aromatic N) is 2. The zero-order chi connectivity index (χ0) is 14.3. The number of pyridine rings is 1. The van der Waals surface area contributed by atoms with E-state index in [1.54, 1.807) is 19.3 Å². The Morgan fingerprint density at radius 2 is 2.15 bits per heavy atom. The Morgan fingerprint density at radius 3 is 2.85 bits per heavy atom. The van der Waals surface area contributed by atoms with Crippen molar-refractivity contribution in [2.75, 3.05) is 7.11 Å². The molecule has 0 aromatic carbocycles. The summed E-state index contributed by atoms with van der Waals surface area (Å²) in [5, 5.41) is 0. The van der Waals surface area contributed by atoms with Crippen LogP contribution in [-0.4, -0.2) is 34.9 Å². The summed E-state index contributed by atoms with van der Waals surface area (Å²) in [7, 11) is 1.36. The Labute approximate surface area is 117 Å². The zero-order valence-corrected chi connectivity index (χ0v) is 11.5. The molecule has 2 atom stereocenters. The van der Waals surface area contributed by atoms with Crippen LogP contribution in [0.1, 0.15) is 36.9 Å². The molecule has 2 aliphatic heterocycles. The normalized spacial score (nSPS) is 25.5. The quantitative estimate of drug-likeness (QED) is 0.577. The number of aromatic nitrogens is 1. The minimum atomic E-state index is -0.392. The molecule has 0 N–H and O–H groups in total. The first-order chi connectivity index (χ1) is 9.63. The van der Waals surface area contributed by atoms with Crippen molar-refractivity contribution in [1.29, 1.82) is 0 Å². The Balaban J connectivity index is 2.17. The van der Waals surface area contributed by atoms with Crippen LogP contribution in [0.2, 0.25) is 0 Å². The third-order valence-electron chi connectivity index (χ3n) is 4.10. The highest BCUT2D eigenvalue weighted by Crippen LogP contribution is 2.48. The lowest BCUT2D eigenvalue weighted by Gasteiger charge is -2.37. The van der Waals surface area contributed by atoms with Gasteiger partial charge >= 0.3 is 5.97 Å². The molecule has 20 heavy (non-hydrogen) atoms. The van der Waals surface area contributed by atoms with E-state index in [1.807, 2.05) is 11.0 Å². The van der Waals surface area contributed by atoms with E-state index < -0.39 is 5.97 Å². The van der Waals surface area contributed by atoms with Gasteiger partial charge < -0.3 is 9.64 Å². The zero-order valence-electron chi connectivity index (χ0n) is 11.5. The number of fused-ring (bicyclic) bond motifs is 4. The second kappa shape index (κ2) is 4.74. The van der Waals surface area contributed by atoms with Gasteiger partial charge in [-0.2, -0.15) is 0 Å². The van der Waals surface area contributed by atoms with Crippen molar-refractivity contribution in [2.45, 2.75) is 31.8 Å². The minimum absolute atomic E-state index is 0.0303. The van der Waals surface area contributed by atoms with E-state index in [4.69, 9.17) is 4.74 Å². The average Bonchev–Trinajstić information content (AvgIpc) is 2.83. The average molecular weight is 272 g/mol. The van der Waals surface area contributed by atoms with Crippen molar-refractivity contribution in [3.8, 4) is 0 Å². The van der Waals surface area contributed by atoms with Crippen molar-refractivity contribution < 1.29 is 14.3 Å². The van der Waals surface area contributed by atoms with Gasteiger partial charge in [-0.05, 0) is 30.0 Å². The van der Waals surface area contributed by atoms with Gasteiger partial charge in [-0.15, -0.1) is 0 Å². The number of hydrogen-bond donors (Lipinski definition) is 0. The van der Waals surface area contributed by atoms with Gasteiger partial charge in [0, 0.05) is 31.0 Å². The second-order valence-electron chi connectivity index (χ2n) is 5.12. The van der Waals surface area contributed by atoms with Gasteiger partial charge in [0.2, 0.25) is 5.91 Å². The van der Waals surface area contributed by atoms with E-state index in [2.05, 4.69) is 4.98 Å². The Hall–Kier alpha value is -2.17. The van der Waals surface area contributed by atoms with Gasteiger partial charge in [0.15, 0.2) is 0 Å². The maximum Gasteiger partial charge on any atom is 0.330 e. The molecule has 3 rings (SSSR count). The van der Waals surface area contributed by atoms with Crippen LogP contribution in [0, 0.1) is 0 Å². The lowest BCUT2D eigenvalue weighted by atomic mass is 9.90. The van der Waals surface area contributed by atoms with E-state index in [0.717, 1.165) is 29.5 Å². The van der Waals surface area contributed by atoms with Crippen LogP contribution in [0.25, 0.3) is 5.57 Å². The number of hydrogen-bond acceptors (Lipinski definition) is 4. The lowest BCUT2D eigenvalue weighted by molar-refractivity contribution is -0.135. The number of amides is 1. The summed E-state index contributed by atoms with van der Waals surface area (Å²) in [5.41, 5.74) is 2.89. The van der Waals surface area contributed by atoms with Gasteiger partial charge in [0.1, 0.15) is 0 Å². The lowest BCUT2D eigenvalue weighted by Crippen LogP contribution is -2.40. The predicted octanol–water partition coefficient (Wildman–Crippen LogP) is 1.70. The van der Waals surface area contributed by atoms with Crippen LogP contribution in [0.4, 0.5) is 0 Å². The molecule has 0 spiro atoms. The van der Waals surface area contributed by atoms with E-state index in [9.17, 15) is 9.59 Å². The molecular weight excluding hydrogens is 256 g/mol. The van der Waals surface area contributed by atoms with Crippen LogP contribution in [0.3, 0.4) is 0 Å². The Morgan fingerprint density at radius 1 is 1.40 bits per heavy atom.